The highest BCUT2D eigenvalue weighted by Gasteiger charge is 2.30. The van der Waals surface area contributed by atoms with Crippen LogP contribution in [0.5, 0.6) is 0 Å². The van der Waals surface area contributed by atoms with Crippen LogP contribution in [0.4, 0.5) is 0 Å². The number of aliphatic hydroxyl groups excluding tert-OH is 1. The van der Waals surface area contributed by atoms with E-state index in [4.69, 9.17) is 37.0 Å². The smallest absolute Gasteiger partial charge is 0.462 e. The molecule has 0 aliphatic heterocycles. The average molecular weight is 1530 g/mol. The first-order chi connectivity index (χ1) is 51.7. The number of hydrogen-bond acceptors (Lipinski definition) is 15. The Hall–Kier alpha value is -4.54. The van der Waals surface area contributed by atoms with Crippen LogP contribution in [-0.4, -0.2) is 96.7 Å². The number of unbranched alkanes of at least 4 members (excludes halogenated alkanes) is 32. The van der Waals surface area contributed by atoms with Crippen molar-refractivity contribution >= 4 is 39.5 Å². The van der Waals surface area contributed by atoms with Crippen LogP contribution in [0.25, 0.3) is 0 Å². The molecule has 0 aliphatic rings. The van der Waals surface area contributed by atoms with E-state index in [1.165, 1.54) is 64.2 Å². The number of aliphatic hydroxyl groups is 1. The van der Waals surface area contributed by atoms with Crippen molar-refractivity contribution in [1.29, 1.82) is 0 Å². The van der Waals surface area contributed by atoms with E-state index in [2.05, 4.69) is 149 Å². The maximum Gasteiger partial charge on any atom is 0.472 e. The molecule has 0 aromatic heterocycles. The second-order valence-corrected chi connectivity index (χ2v) is 30.6. The third kappa shape index (κ3) is 77.6. The average Bonchev–Trinajstić information content (AvgIpc) is 0.903. The third-order valence-electron chi connectivity index (χ3n) is 17.4. The molecule has 610 valence electrons. The van der Waals surface area contributed by atoms with E-state index in [-0.39, 0.29) is 25.7 Å². The summed E-state index contributed by atoms with van der Waals surface area (Å²) in [5, 5.41) is 10.7. The summed E-state index contributed by atoms with van der Waals surface area (Å²) >= 11 is 0. The molecular formula is C87H150O17P2. The monoisotopic (exact) mass is 1530 g/mol. The Labute approximate surface area is 644 Å². The lowest BCUT2D eigenvalue weighted by molar-refractivity contribution is -0.161. The first-order valence-electron chi connectivity index (χ1n) is 41.8. The summed E-state index contributed by atoms with van der Waals surface area (Å²) in [7, 11) is -9.97. The molecule has 0 aromatic rings. The largest absolute Gasteiger partial charge is 0.472 e. The fourth-order valence-electron chi connectivity index (χ4n) is 11.1. The molecule has 0 spiro atoms. The van der Waals surface area contributed by atoms with Gasteiger partial charge in [-0.25, -0.2) is 9.13 Å². The van der Waals surface area contributed by atoms with E-state index in [1.807, 2.05) is 0 Å². The van der Waals surface area contributed by atoms with Gasteiger partial charge in [0.25, 0.3) is 0 Å². The first-order valence-corrected chi connectivity index (χ1v) is 44.8. The topological polar surface area (TPSA) is 237 Å². The number of rotatable bonds is 78. The molecule has 0 radical (unpaired) electrons. The van der Waals surface area contributed by atoms with Crippen molar-refractivity contribution in [3.63, 3.8) is 0 Å². The van der Waals surface area contributed by atoms with Crippen LogP contribution in [0.3, 0.4) is 0 Å². The fraction of sp³-hybridized carbons (Fsp3) is 0.724. The minimum atomic E-state index is -4.99. The number of hydrogen-bond donors (Lipinski definition) is 3. The van der Waals surface area contributed by atoms with Crippen molar-refractivity contribution in [2.45, 2.75) is 367 Å². The molecule has 0 bridgehead atoms. The zero-order valence-corrected chi connectivity index (χ0v) is 68.6. The van der Waals surface area contributed by atoms with E-state index in [1.54, 1.807) is 0 Å². The number of carbonyl (C=O) groups excluding carboxylic acids is 4. The van der Waals surface area contributed by atoms with E-state index in [0.717, 1.165) is 205 Å². The van der Waals surface area contributed by atoms with Crippen molar-refractivity contribution in [3.05, 3.63) is 122 Å². The first kappa shape index (κ1) is 101. The predicted octanol–water partition coefficient (Wildman–Crippen LogP) is 24.7. The zero-order chi connectivity index (χ0) is 77.4. The second-order valence-electron chi connectivity index (χ2n) is 27.6. The van der Waals surface area contributed by atoms with Crippen LogP contribution in [0.15, 0.2) is 122 Å². The molecule has 0 amide bonds. The quantitative estimate of drug-likeness (QED) is 0.0169. The Morgan fingerprint density at radius 2 is 0.491 bits per heavy atom. The molecule has 5 unspecified atom stereocenters. The molecule has 0 aromatic carbocycles. The minimum absolute atomic E-state index is 0.0728. The van der Waals surface area contributed by atoms with Gasteiger partial charge in [0.15, 0.2) is 12.2 Å². The maximum atomic E-state index is 13.1. The summed E-state index contributed by atoms with van der Waals surface area (Å²) in [6.07, 6.45) is 87.3. The zero-order valence-electron chi connectivity index (χ0n) is 66.8. The summed E-state index contributed by atoms with van der Waals surface area (Å²) in [5.41, 5.74) is 0. The normalized spacial score (nSPS) is 14.4. The lowest BCUT2D eigenvalue weighted by Crippen LogP contribution is -2.30. The van der Waals surface area contributed by atoms with E-state index >= 15 is 0 Å². The van der Waals surface area contributed by atoms with Gasteiger partial charge in [-0.2, -0.15) is 0 Å². The number of phosphoric acid groups is 2. The summed E-state index contributed by atoms with van der Waals surface area (Å²) in [6.45, 7) is 4.62. The SMILES string of the molecule is CC/C=C\C/C=C\C/C=C\C/C=C\CCCCCCCCC(=O)OCC(COP(=O)(O)OCC(O)COP(=O)(O)OCC(COC(=O)CCCCCCC/C=C\CCCCCCCC)OC(=O)CCCCCCC/C=C\CCCCCC)OC(=O)CCCCCCCC/C=C\C/C=C\C/C=C\C/C=C\CC. The van der Waals surface area contributed by atoms with Gasteiger partial charge in [0, 0.05) is 25.7 Å². The molecular weight excluding hydrogens is 1380 g/mol. The molecule has 17 nitrogen and oxygen atoms in total. The van der Waals surface area contributed by atoms with Crippen LogP contribution in [-0.2, 0) is 65.4 Å². The van der Waals surface area contributed by atoms with E-state index in [9.17, 15) is 43.2 Å². The highest BCUT2D eigenvalue weighted by Crippen LogP contribution is 2.45. The number of ether oxygens (including phenoxy) is 4. The predicted molar refractivity (Wildman–Crippen MR) is 436 cm³/mol. The molecule has 0 saturated carbocycles. The van der Waals surface area contributed by atoms with Gasteiger partial charge in [-0.1, -0.05) is 290 Å². The van der Waals surface area contributed by atoms with Crippen molar-refractivity contribution in [2.24, 2.45) is 0 Å². The summed E-state index contributed by atoms with van der Waals surface area (Å²) < 4.78 is 68.7. The Morgan fingerprint density at radius 1 is 0.274 bits per heavy atom. The molecule has 106 heavy (non-hydrogen) atoms. The molecule has 5 atom stereocenters. The molecule has 0 rings (SSSR count). The molecule has 19 heteroatoms. The van der Waals surface area contributed by atoms with Gasteiger partial charge in [-0.3, -0.25) is 37.3 Å². The van der Waals surface area contributed by atoms with Gasteiger partial charge in [0.05, 0.1) is 26.4 Å². The van der Waals surface area contributed by atoms with Crippen LogP contribution in [0, 0.1) is 0 Å². The van der Waals surface area contributed by atoms with Gasteiger partial charge in [-0.15, -0.1) is 0 Å². The second kappa shape index (κ2) is 78.6. The van der Waals surface area contributed by atoms with Crippen LogP contribution in [0.2, 0.25) is 0 Å². The van der Waals surface area contributed by atoms with Gasteiger partial charge >= 0.3 is 39.5 Å². The van der Waals surface area contributed by atoms with Crippen molar-refractivity contribution in [3.8, 4) is 0 Å². The minimum Gasteiger partial charge on any atom is -0.462 e. The lowest BCUT2D eigenvalue weighted by atomic mass is 10.1. The lowest BCUT2D eigenvalue weighted by Gasteiger charge is -2.21. The van der Waals surface area contributed by atoms with Gasteiger partial charge in [0.1, 0.15) is 19.3 Å². The van der Waals surface area contributed by atoms with Crippen molar-refractivity contribution < 1.29 is 80.2 Å². The number of carbonyl (C=O) groups is 4. The molecule has 0 saturated heterocycles. The van der Waals surface area contributed by atoms with E-state index < -0.39 is 97.5 Å². The summed E-state index contributed by atoms with van der Waals surface area (Å²) in [6, 6.07) is 0. The fourth-order valence-corrected chi connectivity index (χ4v) is 12.7. The third-order valence-corrected chi connectivity index (χ3v) is 19.3. The molecule has 0 heterocycles. The molecule has 0 fully saturated rings. The van der Waals surface area contributed by atoms with Crippen molar-refractivity contribution in [2.75, 3.05) is 39.6 Å². The maximum absolute atomic E-state index is 13.1. The number of allylic oxidation sites excluding steroid dienone is 20. The van der Waals surface area contributed by atoms with Crippen LogP contribution in [0.1, 0.15) is 349 Å². The van der Waals surface area contributed by atoms with Crippen LogP contribution < -0.4 is 0 Å². The van der Waals surface area contributed by atoms with Gasteiger partial charge in [0.2, 0.25) is 0 Å². The number of esters is 4. The highest BCUT2D eigenvalue weighted by atomic mass is 31.2. The Bertz CT molecular complexity index is 2480. The highest BCUT2D eigenvalue weighted by molar-refractivity contribution is 7.47. The molecule has 3 N–H and O–H groups in total. The Balaban J connectivity index is 5.39. The number of phosphoric ester groups is 2. The Morgan fingerprint density at radius 3 is 0.774 bits per heavy atom. The molecule has 0 aliphatic carbocycles. The van der Waals surface area contributed by atoms with Gasteiger partial charge in [-0.05, 0) is 154 Å². The standard InChI is InChI=1S/C87H150O17P2/c1-5-9-13-17-21-25-29-33-36-38-40-42-45-49-52-56-60-64-68-72-85(90)98-78-83(104-87(92)74-70-66-62-58-54-50-46-43-41-39-37-34-30-26-22-18-14-10-6-2)80-102-106(95,96)100-76-81(88)75-99-105(93,94)101-79-82(103-86(91)73-69-65-61-57-53-47-32-28-24-20-16-12-8-4)77-97-84(89)71-67-63-59-55-51-48-44-35-31-27-23-19-15-11-7-3/h9-10,13-14,21-22,25-26,28,32-37,40-44,81-83,88H,5-8,11-12,15-20,23-24,27,29-31,38-39,45-80H2,1-4H3,(H,93,94)(H,95,96)/b13-9-,14-10-,25-21-,26-22-,32-28-,36-33-,37-34-,42-40-,43-41-,44-35-. The van der Waals surface area contributed by atoms with Crippen LogP contribution >= 0.6 is 15.6 Å². The summed E-state index contributed by atoms with van der Waals surface area (Å²) in [4.78, 5) is 73.2. The van der Waals surface area contributed by atoms with E-state index in [0.29, 0.717) is 25.7 Å². The summed E-state index contributed by atoms with van der Waals surface area (Å²) in [5.74, 6) is -2.21. The van der Waals surface area contributed by atoms with Gasteiger partial charge < -0.3 is 33.8 Å². The Kier molecular flexibility index (Phi) is 75.2. The van der Waals surface area contributed by atoms with Crippen molar-refractivity contribution in [1.82, 2.24) is 0 Å².